The minimum atomic E-state index is 0.196. The van der Waals surface area contributed by atoms with E-state index in [4.69, 9.17) is 0 Å². The van der Waals surface area contributed by atoms with Gasteiger partial charge in [0.05, 0.1) is 0 Å². The molecule has 0 saturated heterocycles. The molecule has 0 radical (unpaired) electrons. The van der Waals surface area contributed by atoms with Crippen LogP contribution in [0.3, 0.4) is 0 Å². The monoisotopic (exact) mass is 190 g/mol. The molecule has 2 bridgehead atoms. The van der Waals surface area contributed by atoms with E-state index in [0.29, 0.717) is 11.2 Å². The quantitative estimate of drug-likeness (QED) is 0.621. The average Bonchev–Trinajstić information content (AvgIpc) is 2.47. The lowest BCUT2D eigenvalue weighted by Gasteiger charge is -2.72. The second kappa shape index (κ2) is 1.96. The van der Waals surface area contributed by atoms with Gasteiger partial charge in [0.1, 0.15) is 5.78 Å². The first kappa shape index (κ1) is 7.90. The van der Waals surface area contributed by atoms with E-state index in [2.05, 4.69) is 0 Å². The predicted octanol–water partition coefficient (Wildman–Crippen LogP) is 2.79. The maximum atomic E-state index is 11.9. The van der Waals surface area contributed by atoms with E-state index in [1.54, 1.807) is 0 Å². The molecule has 5 atom stereocenters. The van der Waals surface area contributed by atoms with E-state index in [1.165, 1.54) is 38.5 Å². The highest BCUT2D eigenvalue weighted by Crippen LogP contribution is 2.84. The lowest BCUT2D eigenvalue weighted by molar-refractivity contribution is -0.239. The van der Waals surface area contributed by atoms with Crippen LogP contribution in [-0.2, 0) is 4.79 Å². The summed E-state index contributed by atoms with van der Waals surface area (Å²) in [6.45, 7) is 1.86. The number of hydrogen-bond donors (Lipinski definition) is 0. The Morgan fingerprint density at radius 1 is 1.14 bits per heavy atom. The summed E-state index contributed by atoms with van der Waals surface area (Å²) in [4.78, 5) is 11.9. The van der Waals surface area contributed by atoms with Crippen LogP contribution < -0.4 is 0 Å². The molecule has 4 fully saturated rings. The first-order chi connectivity index (χ1) is 6.69. The first-order valence-corrected chi connectivity index (χ1v) is 6.20. The molecule has 4 aliphatic rings. The summed E-state index contributed by atoms with van der Waals surface area (Å²) in [6.07, 6.45) is 8.26. The van der Waals surface area contributed by atoms with Crippen molar-refractivity contribution in [2.75, 3.05) is 0 Å². The van der Waals surface area contributed by atoms with Crippen molar-refractivity contribution in [3.05, 3.63) is 0 Å². The Morgan fingerprint density at radius 2 is 2.00 bits per heavy atom. The van der Waals surface area contributed by atoms with E-state index in [-0.39, 0.29) is 5.41 Å². The van der Waals surface area contributed by atoms with Crippen LogP contribution in [0.25, 0.3) is 0 Å². The van der Waals surface area contributed by atoms with Crippen molar-refractivity contribution in [1.29, 1.82) is 0 Å². The Balaban J connectivity index is 1.86. The van der Waals surface area contributed by atoms with Crippen LogP contribution in [0.15, 0.2) is 0 Å². The van der Waals surface area contributed by atoms with Gasteiger partial charge in [0.2, 0.25) is 0 Å². The number of carbonyl (C=O) groups is 1. The highest BCUT2D eigenvalue weighted by atomic mass is 16.1. The number of Topliss-reactive ketones (excluding diaryl/α,β-unsaturated/α-hetero) is 1. The number of fused-ring (bicyclic) bond motifs is 1. The second-order valence-electron chi connectivity index (χ2n) is 6.36. The van der Waals surface area contributed by atoms with E-state index in [0.717, 1.165) is 17.8 Å². The fourth-order valence-corrected chi connectivity index (χ4v) is 5.94. The molecule has 0 amide bonds. The molecule has 4 saturated carbocycles. The van der Waals surface area contributed by atoms with Gasteiger partial charge in [0.25, 0.3) is 0 Å². The molecule has 4 rings (SSSR count). The van der Waals surface area contributed by atoms with Gasteiger partial charge in [-0.1, -0.05) is 6.42 Å². The van der Waals surface area contributed by atoms with Gasteiger partial charge < -0.3 is 0 Å². The number of hydrogen-bond acceptors (Lipinski definition) is 1. The summed E-state index contributed by atoms with van der Waals surface area (Å²) in [5.74, 6) is 3.36. The Hall–Kier alpha value is -0.330. The van der Waals surface area contributed by atoms with Gasteiger partial charge in [-0.15, -0.1) is 0 Å². The Kier molecular flexibility index (Phi) is 1.11. The molecule has 0 aliphatic heterocycles. The summed E-state index contributed by atoms with van der Waals surface area (Å²) >= 11 is 0. The molecule has 0 N–H and O–H groups in total. The molecule has 76 valence electrons. The smallest absolute Gasteiger partial charge is 0.136 e. The van der Waals surface area contributed by atoms with Crippen molar-refractivity contribution >= 4 is 5.78 Å². The van der Waals surface area contributed by atoms with Crippen LogP contribution in [0, 0.1) is 28.6 Å². The number of ketones is 1. The first-order valence-electron chi connectivity index (χ1n) is 6.20. The molecule has 0 aromatic carbocycles. The van der Waals surface area contributed by atoms with Gasteiger partial charge in [0, 0.05) is 5.41 Å². The average molecular weight is 190 g/mol. The molecule has 1 heteroatoms. The third kappa shape index (κ3) is 0.517. The second-order valence-corrected chi connectivity index (χ2v) is 6.36. The molecule has 14 heavy (non-hydrogen) atoms. The minimum Gasteiger partial charge on any atom is -0.299 e. The van der Waals surface area contributed by atoms with E-state index >= 15 is 0 Å². The zero-order valence-electron chi connectivity index (χ0n) is 8.88. The van der Waals surface area contributed by atoms with Crippen molar-refractivity contribution < 1.29 is 4.79 Å². The summed E-state index contributed by atoms with van der Waals surface area (Å²) < 4.78 is 0. The van der Waals surface area contributed by atoms with Crippen LogP contribution in [0.4, 0.5) is 0 Å². The SMILES string of the molecule is CC(=O)C12CC3CCC4CC(C1)C42C3. The lowest BCUT2D eigenvalue weighted by Crippen LogP contribution is -2.69. The fraction of sp³-hybridized carbons (Fsp3) is 0.923. The summed E-state index contributed by atoms with van der Waals surface area (Å²) in [5.41, 5.74) is 0.753. The van der Waals surface area contributed by atoms with Crippen molar-refractivity contribution in [3.8, 4) is 0 Å². The minimum absolute atomic E-state index is 0.196. The van der Waals surface area contributed by atoms with Crippen molar-refractivity contribution in [3.63, 3.8) is 0 Å². The Bertz CT molecular complexity index is 334. The molecule has 0 aromatic rings. The Morgan fingerprint density at radius 3 is 2.71 bits per heavy atom. The van der Waals surface area contributed by atoms with Gasteiger partial charge in [-0.25, -0.2) is 0 Å². The third-order valence-corrected chi connectivity index (χ3v) is 6.37. The number of rotatable bonds is 1. The van der Waals surface area contributed by atoms with E-state index in [1.807, 2.05) is 6.92 Å². The molecule has 0 aromatic heterocycles. The molecule has 1 spiro atoms. The number of carbonyl (C=O) groups excluding carboxylic acids is 1. The Labute approximate surface area is 85.3 Å². The van der Waals surface area contributed by atoms with Crippen LogP contribution in [0.5, 0.6) is 0 Å². The maximum absolute atomic E-state index is 11.9. The highest BCUT2D eigenvalue weighted by molar-refractivity contribution is 5.86. The molecular weight excluding hydrogens is 172 g/mol. The molecule has 5 unspecified atom stereocenters. The zero-order valence-corrected chi connectivity index (χ0v) is 8.88. The lowest BCUT2D eigenvalue weighted by atomic mass is 9.31. The maximum Gasteiger partial charge on any atom is 0.136 e. The fourth-order valence-electron chi connectivity index (χ4n) is 5.94. The van der Waals surface area contributed by atoms with Gasteiger partial charge in [0.15, 0.2) is 0 Å². The van der Waals surface area contributed by atoms with Gasteiger partial charge in [-0.3, -0.25) is 4.79 Å². The van der Waals surface area contributed by atoms with Gasteiger partial charge in [-0.2, -0.15) is 0 Å². The van der Waals surface area contributed by atoms with Crippen molar-refractivity contribution in [2.45, 2.75) is 45.4 Å². The van der Waals surface area contributed by atoms with E-state index < -0.39 is 0 Å². The standard InChI is InChI=1S/C13H18O/c1-8(14)12-5-9-2-3-10-4-11(7-12)13(10,12)6-9/h9-11H,2-7H2,1H3. The van der Waals surface area contributed by atoms with Gasteiger partial charge >= 0.3 is 0 Å². The molecule has 4 aliphatic carbocycles. The molecular formula is C13H18O. The predicted molar refractivity (Wildman–Crippen MR) is 53.7 cm³/mol. The van der Waals surface area contributed by atoms with Gasteiger partial charge in [-0.05, 0) is 62.2 Å². The summed E-state index contributed by atoms with van der Waals surface area (Å²) in [7, 11) is 0. The van der Waals surface area contributed by atoms with Crippen LogP contribution in [0.1, 0.15) is 45.4 Å². The van der Waals surface area contributed by atoms with Crippen LogP contribution >= 0.6 is 0 Å². The normalized spacial score (nSPS) is 62.5. The summed E-state index contributed by atoms with van der Waals surface area (Å²) in [6, 6.07) is 0. The highest BCUT2D eigenvalue weighted by Gasteiger charge is 2.79. The van der Waals surface area contributed by atoms with Crippen LogP contribution in [0.2, 0.25) is 0 Å². The topological polar surface area (TPSA) is 17.1 Å². The van der Waals surface area contributed by atoms with Crippen molar-refractivity contribution in [2.24, 2.45) is 28.6 Å². The largest absolute Gasteiger partial charge is 0.299 e. The molecule has 1 nitrogen and oxygen atoms in total. The molecule has 0 heterocycles. The van der Waals surface area contributed by atoms with E-state index in [9.17, 15) is 4.79 Å². The zero-order chi connectivity index (χ0) is 9.55. The summed E-state index contributed by atoms with van der Waals surface area (Å²) in [5, 5.41) is 0. The third-order valence-electron chi connectivity index (χ3n) is 6.37. The van der Waals surface area contributed by atoms with Crippen molar-refractivity contribution in [1.82, 2.24) is 0 Å². The van der Waals surface area contributed by atoms with Crippen LogP contribution in [-0.4, -0.2) is 5.78 Å².